The second kappa shape index (κ2) is 5.50. The second-order valence-electron chi connectivity index (χ2n) is 5.78. The van der Waals surface area contributed by atoms with Gasteiger partial charge in [0.25, 0.3) is 5.91 Å². The number of aliphatic hydroxyl groups is 1. The number of nitrogens with one attached hydrogen (secondary N) is 1. The second-order valence-corrected chi connectivity index (χ2v) is 5.78. The number of pyridine rings is 1. The summed E-state index contributed by atoms with van der Waals surface area (Å²) in [6, 6.07) is 5.19. The molecule has 1 fully saturated rings. The lowest BCUT2D eigenvalue weighted by Crippen LogP contribution is -2.74. The van der Waals surface area contributed by atoms with Crippen molar-refractivity contribution < 1.29 is 14.6 Å². The molecule has 1 saturated carbocycles. The first kappa shape index (κ1) is 14.9. The van der Waals surface area contributed by atoms with E-state index in [0.717, 1.165) is 0 Å². The molecule has 1 aliphatic carbocycles. The Hall–Kier alpha value is -1.46. The Morgan fingerprint density at radius 1 is 1.55 bits per heavy atom. The maximum absolute atomic E-state index is 12.2. The van der Waals surface area contributed by atoms with Gasteiger partial charge >= 0.3 is 0 Å². The van der Waals surface area contributed by atoms with Crippen molar-refractivity contribution in [3.05, 3.63) is 30.1 Å². The Morgan fingerprint density at radius 2 is 2.30 bits per heavy atom. The highest BCUT2D eigenvalue weighted by Gasteiger charge is 2.61. The fourth-order valence-corrected chi connectivity index (χ4v) is 2.78. The molecule has 5 heteroatoms. The van der Waals surface area contributed by atoms with Crippen LogP contribution in [-0.2, 0) is 4.74 Å². The third-order valence-corrected chi connectivity index (χ3v) is 4.46. The Bertz CT molecular complexity index is 475. The van der Waals surface area contributed by atoms with E-state index in [1.54, 1.807) is 24.4 Å². The number of ether oxygens (including phenoxy) is 1. The molecule has 1 heterocycles. The predicted octanol–water partition coefficient (Wildman–Crippen LogP) is 1.38. The van der Waals surface area contributed by atoms with Gasteiger partial charge in [0.15, 0.2) is 0 Å². The number of carbonyl (C=O) groups excluding carboxylic acids is 1. The summed E-state index contributed by atoms with van der Waals surface area (Å²) in [6.45, 7) is 6.48. The van der Waals surface area contributed by atoms with E-state index in [2.05, 4.69) is 10.3 Å². The SMILES string of the molecule is CCO[C@H]1C[C@@](CO)(NC(=O)c2ccccn2)C1(C)C. The smallest absolute Gasteiger partial charge is 0.270 e. The minimum atomic E-state index is -0.651. The number of aliphatic hydroxyl groups excluding tert-OH is 1. The fraction of sp³-hybridized carbons (Fsp3) is 0.600. The molecule has 0 radical (unpaired) electrons. The molecule has 20 heavy (non-hydrogen) atoms. The molecule has 0 aromatic carbocycles. The molecule has 1 aromatic rings. The summed E-state index contributed by atoms with van der Waals surface area (Å²) in [5.41, 5.74) is -0.611. The van der Waals surface area contributed by atoms with E-state index in [1.807, 2.05) is 20.8 Å². The summed E-state index contributed by atoms with van der Waals surface area (Å²) in [5.74, 6) is -0.261. The summed E-state index contributed by atoms with van der Waals surface area (Å²) < 4.78 is 5.66. The lowest BCUT2D eigenvalue weighted by molar-refractivity contribution is -0.172. The maximum Gasteiger partial charge on any atom is 0.270 e. The maximum atomic E-state index is 12.2. The van der Waals surface area contributed by atoms with Gasteiger partial charge in [-0.05, 0) is 19.1 Å². The first-order chi connectivity index (χ1) is 9.47. The molecule has 2 atom stereocenters. The minimum absolute atomic E-state index is 0.0451. The summed E-state index contributed by atoms with van der Waals surface area (Å²) in [7, 11) is 0. The topological polar surface area (TPSA) is 71.5 Å². The largest absolute Gasteiger partial charge is 0.394 e. The van der Waals surface area contributed by atoms with Crippen LogP contribution in [0.15, 0.2) is 24.4 Å². The minimum Gasteiger partial charge on any atom is -0.394 e. The zero-order chi connectivity index (χ0) is 14.8. The molecular formula is C15H22N2O3. The lowest BCUT2D eigenvalue weighted by Gasteiger charge is -2.60. The monoisotopic (exact) mass is 278 g/mol. The molecule has 0 aliphatic heterocycles. The van der Waals surface area contributed by atoms with Crippen molar-refractivity contribution in [3.8, 4) is 0 Å². The van der Waals surface area contributed by atoms with Crippen molar-refractivity contribution >= 4 is 5.91 Å². The van der Waals surface area contributed by atoms with Crippen LogP contribution in [0.1, 0.15) is 37.7 Å². The molecule has 1 amide bonds. The summed E-state index contributed by atoms with van der Waals surface area (Å²) in [4.78, 5) is 16.3. The average Bonchev–Trinajstić information content (AvgIpc) is 2.46. The number of aromatic nitrogens is 1. The van der Waals surface area contributed by atoms with Crippen molar-refractivity contribution in [3.63, 3.8) is 0 Å². The van der Waals surface area contributed by atoms with E-state index >= 15 is 0 Å². The molecular weight excluding hydrogens is 256 g/mol. The Labute approximate surface area is 119 Å². The van der Waals surface area contributed by atoms with Crippen LogP contribution < -0.4 is 5.32 Å². The standard InChI is InChI=1S/C15H22N2O3/c1-4-20-12-9-15(10-18,14(12,2)3)17-13(19)11-7-5-6-8-16-11/h5-8,12,18H,4,9-10H2,1-3H3,(H,17,19)/t12-,15-/m0/s1. The highest BCUT2D eigenvalue weighted by atomic mass is 16.5. The third-order valence-electron chi connectivity index (χ3n) is 4.46. The normalized spacial score (nSPS) is 27.7. The number of rotatable bonds is 5. The molecule has 2 N–H and O–H groups in total. The van der Waals surface area contributed by atoms with Crippen LogP contribution in [0, 0.1) is 5.41 Å². The van der Waals surface area contributed by atoms with E-state index in [-0.39, 0.29) is 24.0 Å². The molecule has 2 rings (SSSR count). The first-order valence-corrected chi connectivity index (χ1v) is 6.93. The fourth-order valence-electron chi connectivity index (χ4n) is 2.78. The van der Waals surface area contributed by atoms with Crippen LogP contribution in [0.25, 0.3) is 0 Å². The van der Waals surface area contributed by atoms with Gasteiger partial charge in [0.05, 0.1) is 18.2 Å². The highest BCUT2D eigenvalue weighted by Crippen LogP contribution is 2.51. The molecule has 0 bridgehead atoms. The molecule has 0 saturated heterocycles. The number of hydrogen-bond acceptors (Lipinski definition) is 4. The number of hydrogen-bond donors (Lipinski definition) is 2. The summed E-state index contributed by atoms with van der Waals surface area (Å²) >= 11 is 0. The van der Waals surface area contributed by atoms with Crippen LogP contribution >= 0.6 is 0 Å². The van der Waals surface area contributed by atoms with Crippen LogP contribution in [0.4, 0.5) is 0 Å². The van der Waals surface area contributed by atoms with E-state index in [4.69, 9.17) is 4.74 Å². The predicted molar refractivity (Wildman–Crippen MR) is 75.3 cm³/mol. The van der Waals surface area contributed by atoms with E-state index in [0.29, 0.717) is 18.7 Å². The van der Waals surface area contributed by atoms with Gasteiger partial charge in [0.1, 0.15) is 5.69 Å². The van der Waals surface area contributed by atoms with Gasteiger partial charge in [0, 0.05) is 24.6 Å². The van der Waals surface area contributed by atoms with Crippen molar-refractivity contribution in [1.29, 1.82) is 0 Å². The third kappa shape index (κ3) is 2.31. The van der Waals surface area contributed by atoms with Crippen molar-refractivity contribution in [2.75, 3.05) is 13.2 Å². The summed E-state index contributed by atoms with van der Waals surface area (Å²) in [5, 5.41) is 12.7. The van der Waals surface area contributed by atoms with E-state index in [9.17, 15) is 9.90 Å². The van der Waals surface area contributed by atoms with Gasteiger partial charge in [0.2, 0.25) is 0 Å². The molecule has 0 spiro atoms. The molecule has 1 aliphatic rings. The zero-order valence-corrected chi connectivity index (χ0v) is 12.2. The number of carbonyl (C=O) groups is 1. The molecule has 0 unspecified atom stereocenters. The average molecular weight is 278 g/mol. The zero-order valence-electron chi connectivity index (χ0n) is 12.2. The molecule has 110 valence electrons. The van der Waals surface area contributed by atoms with Crippen LogP contribution in [0.5, 0.6) is 0 Å². The van der Waals surface area contributed by atoms with Gasteiger partial charge in [-0.15, -0.1) is 0 Å². The van der Waals surface area contributed by atoms with Gasteiger partial charge in [-0.25, -0.2) is 0 Å². The summed E-state index contributed by atoms with van der Waals surface area (Å²) in [6.07, 6.45) is 2.24. The first-order valence-electron chi connectivity index (χ1n) is 6.93. The number of amides is 1. The van der Waals surface area contributed by atoms with Crippen LogP contribution in [0.3, 0.4) is 0 Å². The van der Waals surface area contributed by atoms with E-state index in [1.165, 1.54) is 0 Å². The number of nitrogens with zero attached hydrogens (tertiary/aromatic N) is 1. The lowest BCUT2D eigenvalue weighted by atomic mass is 9.54. The van der Waals surface area contributed by atoms with Crippen LogP contribution in [0.2, 0.25) is 0 Å². The Balaban J connectivity index is 2.12. The molecule has 1 aromatic heterocycles. The molecule has 5 nitrogen and oxygen atoms in total. The van der Waals surface area contributed by atoms with Crippen molar-refractivity contribution in [1.82, 2.24) is 10.3 Å². The van der Waals surface area contributed by atoms with Gasteiger partial charge < -0.3 is 15.2 Å². The Kier molecular flexibility index (Phi) is 4.11. The van der Waals surface area contributed by atoms with Crippen molar-refractivity contribution in [2.24, 2.45) is 5.41 Å². The quantitative estimate of drug-likeness (QED) is 0.853. The highest BCUT2D eigenvalue weighted by molar-refractivity contribution is 5.93. The van der Waals surface area contributed by atoms with Gasteiger partial charge in [-0.3, -0.25) is 9.78 Å². The van der Waals surface area contributed by atoms with Crippen LogP contribution in [-0.4, -0.2) is 40.9 Å². The van der Waals surface area contributed by atoms with Gasteiger partial charge in [-0.1, -0.05) is 19.9 Å². The van der Waals surface area contributed by atoms with E-state index < -0.39 is 5.54 Å². The van der Waals surface area contributed by atoms with Crippen molar-refractivity contribution in [2.45, 2.75) is 38.8 Å². The van der Waals surface area contributed by atoms with Gasteiger partial charge in [-0.2, -0.15) is 0 Å². The Morgan fingerprint density at radius 3 is 2.80 bits per heavy atom.